The molecule has 0 spiro atoms. The van der Waals surface area contributed by atoms with Crippen molar-refractivity contribution in [2.75, 3.05) is 11.9 Å². The van der Waals surface area contributed by atoms with Crippen LogP contribution in [0.5, 0.6) is 0 Å². The van der Waals surface area contributed by atoms with Gasteiger partial charge in [-0.05, 0) is 26.0 Å². The largest absolute Gasteiger partial charge is 0.389 e. The van der Waals surface area contributed by atoms with E-state index in [2.05, 4.69) is 20.7 Å². The molecular weight excluding hydrogens is 276 g/mol. The van der Waals surface area contributed by atoms with Crippen molar-refractivity contribution in [3.05, 3.63) is 39.5 Å². The molecule has 0 aromatic carbocycles. The first-order chi connectivity index (χ1) is 9.04. The van der Waals surface area contributed by atoms with Gasteiger partial charge in [0.1, 0.15) is 10.8 Å². The van der Waals surface area contributed by atoms with Crippen LogP contribution in [0.3, 0.4) is 0 Å². The van der Waals surface area contributed by atoms with Crippen molar-refractivity contribution in [1.82, 2.24) is 9.97 Å². The zero-order valence-electron chi connectivity index (χ0n) is 10.9. The summed E-state index contributed by atoms with van der Waals surface area (Å²) >= 11 is 6.66. The number of nitrogens with two attached hydrogens (primary N) is 1. The third-order valence-electron chi connectivity index (χ3n) is 2.59. The predicted octanol–water partition coefficient (Wildman–Crippen LogP) is 2.44. The smallest absolute Gasteiger partial charge is 0.126 e. The molecule has 0 aliphatic rings. The van der Waals surface area contributed by atoms with Crippen LogP contribution in [0.15, 0.2) is 17.5 Å². The van der Waals surface area contributed by atoms with E-state index >= 15 is 0 Å². The van der Waals surface area contributed by atoms with Crippen LogP contribution in [-0.2, 0) is 6.42 Å². The summed E-state index contributed by atoms with van der Waals surface area (Å²) in [5.74, 6) is 0.801. The third-order valence-corrected chi connectivity index (χ3v) is 3.65. The average Bonchev–Trinajstić information content (AvgIpc) is 2.74. The molecular formula is C13H16N4S2. The maximum absolute atomic E-state index is 5.64. The molecule has 0 radical (unpaired) electrons. The summed E-state index contributed by atoms with van der Waals surface area (Å²) in [6.07, 6.45) is 0.877. The summed E-state index contributed by atoms with van der Waals surface area (Å²) < 4.78 is 0. The van der Waals surface area contributed by atoms with Crippen molar-refractivity contribution < 1.29 is 0 Å². The molecule has 0 amide bonds. The summed E-state index contributed by atoms with van der Waals surface area (Å²) in [4.78, 5) is 9.22. The molecule has 4 nitrogen and oxygen atoms in total. The van der Waals surface area contributed by atoms with Gasteiger partial charge in [0, 0.05) is 29.6 Å². The van der Waals surface area contributed by atoms with Crippen molar-refractivity contribution in [3.8, 4) is 0 Å². The van der Waals surface area contributed by atoms with E-state index in [0.29, 0.717) is 4.99 Å². The van der Waals surface area contributed by atoms with Crippen LogP contribution in [0.2, 0.25) is 0 Å². The molecule has 2 heterocycles. The fourth-order valence-corrected chi connectivity index (χ4v) is 2.51. The van der Waals surface area contributed by atoms with Gasteiger partial charge in [-0.1, -0.05) is 12.2 Å². The van der Waals surface area contributed by atoms with Gasteiger partial charge in [0.2, 0.25) is 0 Å². The third kappa shape index (κ3) is 3.97. The van der Waals surface area contributed by atoms with E-state index in [0.717, 1.165) is 40.7 Å². The van der Waals surface area contributed by atoms with Gasteiger partial charge < -0.3 is 11.1 Å². The number of thiazole rings is 1. The zero-order valence-corrected chi connectivity index (χ0v) is 12.6. The van der Waals surface area contributed by atoms with Crippen molar-refractivity contribution in [1.29, 1.82) is 0 Å². The van der Waals surface area contributed by atoms with Crippen molar-refractivity contribution in [2.24, 2.45) is 5.73 Å². The van der Waals surface area contributed by atoms with Crippen molar-refractivity contribution >= 4 is 34.4 Å². The van der Waals surface area contributed by atoms with E-state index in [1.807, 2.05) is 26.0 Å². The van der Waals surface area contributed by atoms with Gasteiger partial charge >= 0.3 is 0 Å². The lowest BCUT2D eigenvalue weighted by molar-refractivity contribution is 0.957. The maximum atomic E-state index is 5.64. The molecule has 0 bridgehead atoms. The van der Waals surface area contributed by atoms with E-state index in [1.54, 1.807) is 11.3 Å². The van der Waals surface area contributed by atoms with E-state index in [-0.39, 0.29) is 0 Å². The molecule has 0 saturated heterocycles. The molecule has 0 atom stereocenters. The number of anilines is 1. The van der Waals surface area contributed by atoms with E-state index in [9.17, 15) is 0 Å². The zero-order chi connectivity index (χ0) is 13.8. The van der Waals surface area contributed by atoms with Gasteiger partial charge in [-0.2, -0.15) is 0 Å². The Labute approximate surface area is 122 Å². The topological polar surface area (TPSA) is 63.8 Å². The van der Waals surface area contributed by atoms with Crippen LogP contribution in [0.25, 0.3) is 0 Å². The van der Waals surface area contributed by atoms with E-state index in [4.69, 9.17) is 18.0 Å². The number of pyridine rings is 1. The molecule has 100 valence electrons. The molecule has 0 unspecified atom stereocenters. The number of rotatable bonds is 5. The van der Waals surface area contributed by atoms with Gasteiger partial charge in [-0.25, -0.2) is 9.97 Å². The van der Waals surface area contributed by atoms with Crippen LogP contribution in [0.1, 0.15) is 22.0 Å². The maximum Gasteiger partial charge on any atom is 0.126 e. The van der Waals surface area contributed by atoms with Gasteiger partial charge in [-0.3, -0.25) is 0 Å². The Morgan fingerprint density at radius 2 is 2.16 bits per heavy atom. The van der Waals surface area contributed by atoms with Crippen LogP contribution in [0.4, 0.5) is 5.82 Å². The number of aromatic nitrogens is 2. The number of hydrogen-bond acceptors (Lipinski definition) is 5. The van der Waals surface area contributed by atoms with Gasteiger partial charge in [0.25, 0.3) is 0 Å². The summed E-state index contributed by atoms with van der Waals surface area (Å²) in [6, 6.07) is 3.76. The summed E-state index contributed by atoms with van der Waals surface area (Å²) in [6.45, 7) is 4.73. The second-order valence-corrected chi connectivity index (χ2v) is 5.78. The summed E-state index contributed by atoms with van der Waals surface area (Å²) in [7, 11) is 0. The molecule has 6 heteroatoms. The highest BCUT2D eigenvalue weighted by Gasteiger charge is 2.03. The lowest BCUT2D eigenvalue weighted by Crippen LogP contribution is -2.12. The minimum atomic E-state index is 0.392. The summed E-state index contributed by atoms with van der Waals surface area (Å²) in [5, 5.41) is 6.46. The van der Waals surface area contributed by atoms with Crippen LogP contribution in [0, 0.1) is 13.8 Å². The fourth-order valence-electron chi connectivity index (χ4n) is 1.74. The highest BCUT2D eigenvalue weighted by atomic mass is 32.1. The minimum Gasteiger partial charge on any atom is -0.389 e. The Bertz CT molecular complexity index is 592. The standard InChI is InChI=1S/C13H16N4S2/c1-8-5-10(13(14)18)6-12(16-8)15-4-3-11-7-19-9(2)17-11/h5-7H,3-4H2,1-2H3,(H2,14,18)(H,15,16). The molecule has 2 rings (SSSR count). The molecule has 0 fully saturated rings. The number of thiocarbonyl (C=S) groups is 1. The first kappa shape index (κ1) is 13.9. The lowest BCUT2D eigenvalue weighted by atomic mass is 10.2. The molecule has 19 heavy (non-hydrogen) atoms. The van der Waals surface area contributed by atoms with Crippen LogP contribution >= 0.6 is 23.6 Å². The Hall–Kier alpha value is -1.53. The predicted molar refractivity (Wildman–Crippen MR) is 83.9 cm³/mol. The molecule has 3 N–H and O–H groups in total. The highest BCUT2D eigenvalue weighted by molar-refractivity contribution is 7.80. The fraction of sp³-hybridized carbons (Fsp3) is 0.308. The Balaban J connectivity index is 1.97. The van der Waals surface area contributed by atoms with E-state index < -0.39 is 0 Å². The van der Waals surface area contributed by atoms with Crippen LogP contribution in [-0.4, -0.2) is 21.5 Å². The average molecular weight is 292 g/mol. The first-order valence-corrected chi connectivity index (χ1v) is 7.27. The van der Waals surface area contributed by atoms with Crippen molar-refractivity contribution in [3.63, 3.8) is 0 Å². The molecule has 0 saturated carbocycles. The van der Waals surface area contributed by atoms with Crippen molar-refractivity contribution in [2.45, 2.75) is 20.3 Å². The van der Waals surface area contributed by atoms with Crippen LogP contribution < -0.4 is 11.1 Å². The molecule has 0 aliphatic heterocycles. The van der Waals surface area contributed by atoms with Gasteiger partial charge in [0.15, 0.2) is 0 Å². The minimum absolute atomic E-state index is 0.392. The molecule has 2 aromatic heterocycles. The first-order valence-electron chi connectivity index (χ1n) is 5.98. The van der Waals surface area contributed by atoms with Gasteiger partial charge in [0.05, 0.1) is 10.7 Å². The number of aryl methyl sites for hydroxylation is 2. The number of hydrogen-bond donors (Lipinski definition) is 2. The normalized spacial score (nSPS) is 10.4. The molecule has 2 aromatic rings. The second-order valence-electron chi connectivity index (χ2n) is 4.28. The number of nitrogens with zero attached hydrogens (tertiary/aromatic N) is 2. The Kier molecular flexibility index (Phi) is 4.44. The number of nitrogens with one attached hydrogen (secondary N) is 1. The molecule has 0 aliphatic carbocycles. The van der Waals surface area contributed by atoms with Gasteiger partial charge in [-0.15, -0.1) is 11.3 Å². The highest BCUT2D eigenvalue weighted by Crippen LogP contribution is 2.11. The summed E-state index contributed by atoms with van der Waals surface area (Å²) in [5.41, 5.74) is 8.49. The monoisotopic (exact) mass is 292 g/mol. The Morgan fingerprint density at radius 1 is 1.37 bits per heavy atom. The van der Waals surface area contributed by atoms with E-state index in [1.165, 1.54) is 0 Å². The second kappa shape index (κ2) is 6.08. The quantitative estimate of drug-likeness (QED) is 0.829. The lowest BCUT2D eigenvalue weighted by Gasteiger charge is -2.08. The Morgan fingerprint density at radius 3 is 2.79 bits per heavy atom. The SMILES string of the molecule is Cc1cc(C(N)=S)cc(NCCc2csc(C)n2)n1.